The van der Waals surface area contributed by atoms with E-state index in [9.17, 15) is 0 Å². The highest BCUT2D eigenvalue weighted by Gasteiger charge is 2.37. The molecule has 0 aliphatic heterocycles. The van der Waals surface area contributed by atoms with Crippen LogP contribution in [-0.2, 0) is 4.75 Å². The van der Waals surface area contributed by atoms with Gasteiger partial charge < -0.3 is 0 Å². The molecule has 0 aromatic heterocycles. The molecule has 2 nitrogen and oxygen atoms in total. The van der Waals surface area contributed by atoms with E-state index in [1.165, 1.54) is 11.9 Å². The molecule has 4 aromatic carbocycles. The van der Waals surface area contributed by atoms with Gasteiger partial charge in [-0.05, 0) is 41.0 Å². The molecule has 0 atom stereocenters. The topological polar surface area (TPSA) is 24.7 Å². The molecule has 142 valence electrons. The molecule has 0 spiro atoms. The van der Waals surface area contributed by atoms with Crippen LogP contribution in [-0.4, -0.2) is 0 Å². The molecule has 0 saturated carbocycles. The van der Waals surface area contributed by atoms with Crippen LogP contribution in [0.5, 0.6) is 0 Å². The van der Waals surface area contributed by atoms with Crippen molar-refractivity contribution in [3.05, 3.63) is 137 Å². The van der Waals surface area contributed by atoms with Gasteiger partial charge in [0.1, 0.15) is 4.75 Å². The highest BCUT2D eigenvalue weighted by atomic mass is 35.5. The van der Waals surface area contributed by atoms with Crippen molar-refractivity contribution < 1.29 is 0 Å². The highest BCUT2D eigenvalue weighted by Crippen LogP contribution is 2.49. The van der Waals surface area contributed by atoms with E-state index in [0.717, 1.165) is 22.4 Å². The van der Waals surface area contributed by atoms with Crippen molar-refractivity contribution in [2.45, 2.75) is 4.75 Å². The molecule has 0 heterocycles. The van der Waals surface area contributed by atoms with Gasteiger partial charge in [0.25, 0.3) is 0 Å². The highest BCUT2D eigenvalue weighted by molar-refractivity contribution is 7.99. The van der Waals surface area contributed by atoms with Gasteiger partial charge in [0, 0.05) is 17.0 Å². The zero-order chi connectivity index (χ0) is 19.9. The largest absolute Gasteiger partial charge is 0.144 e. The quantitative estimate of drug-likeness (QED) is 0.178. The van der Waals surface area contributed by atoms with Crippen LogP contribution in [0.25, 0.3) is 0 Å². The summed E-state index contributed by atoms with van der Waals surface area (Å²) in [6, 6.07) is 38.7. The molecule has 29 heavy (non-hydrogen) atoms. The van der Waals surface area contributed by atoms with E-state index in [-0.39, 0.29) is 0 Å². The third kappa shape index (κ3) is 4.26. The Hall–Kier alpha value is -2.88. The minimum Gasteiger partial charge on any atom is -0.144 e. The summed E-state index contributed by atoms with van der Waals surface area (Å²) < 4.78 is 4.06. The SMILES string of the molecule is Clc1ccc(N=NSC(c2ccccc2)(c2ccccc2)c2ccccc2)cc1. The molecule has 0 unspecified atom stereocenters. The molecule has 0 aliphatic rings. The van der Waals surface area contributed by atoms with Crippen molar-refractivity contribution in [3.63, 3.8) is 0 Å². The van der Waals surface area contributed by atoms with Crippen LogP contribution in [0, 0.1) is 0 Å². The third-order valence-corrected chi connectivity index (χ3v) is 6.10. The summed E-state index contributed by atoms with van der Waals surface area (Å²) in [6.45, 7) is 0. The zero-order valence-corrected chi connectivity index (χ0v) is 17.2. The molecule has 4 rings (SSSR count). The van der Waals surface area contributed by atoms with Gasteiger partial charge >= 0.3 is 0 Å². The minimum atomic E-state index is -0.514. The molecule has 0 fully saturated rings. The lowest BCUT2D eigenvalue weighted by Crippen LogP contribution is -2.24. The Balaban J connectivity index is 1.84. The van der Waals surface area contributed by atoms with Crippen molar-refractivity contribution in [2.75, 3.05) is 0 Å². The lowest BCUT2D eigenvalue weighted by molar-refractivity contribution is 0.893. The van der Waals surface area contributed by atoms with Crippen LogP contribution in [0.4, 0.5) is 5.69 Å². The number of nitrogens with zero attached hydrogens (tertiary/aromatic N) is 2. The first-order valence-corrected chi connectivity index (χ1v) is 10.5. The van der Waals surface area contributed by atoms with Gasteiger partial charge in [0.05, 0.1) is 5.69 Å². The Labute approximate surface area is 180 Å². The summed E-state index contributed by atoms with van der Waals surface area (Å²) in [5, 5.41) is 5.12. The number of rotatable bonds is 6. The van der Waals surface area contributed by atoms with E-state index in [0.29, 0.717) is 5.02 Å². The second-order valence-corrected chi connectivity index (χ2v) is 7.92. The summed E-state index contributed by atoms with van der Waals surface area (Å²) in [5.41, 5.74) is 4.22. The van der Waals surface area contributed by atoms with E-state index < -0.39 is 4.75 Å². The van der Waals surface area contributed by atoms with Gasteiger partial charge in [-0.2, -0.15) is 0 Å². The summed E-state index contributed by atoms with van der Waals surface area (Å²) >= 11 is 7.43. The number of halogens is 1. The molecule has 0 radical (unpaired) electrons. The number of benzene rings is 4. The maximum Gasteiger partial charge on any atom is 0.114 e. The number of hydrogen-bond acceptors (Lipinski definition) is 3. The van der Waals surface area contributed by atoms with Crippen molar-refractivity contribution in [1.82, 2.24) is 0 Å². The Morgan fingerprint density at radius 2 is 0.966 bits per heavy atom. The van der Waals surface area contributed by atoms with Gasteiger partial charge in [-0.25, -0.2) is 0 Å². The van der Waals surface area contributed by atoms with Gasteiger partial charge in [-0.15, -0.1) is 9.63 Å². The van der Waals surface area contributed by atoms with Crippen LogP contribution < -0.4 is 0 Å². The van der Waals surface area contributed by atoms with Crippen molar-refractivity contribution in [1.29, 1.82) is 0 Å². The summed E-state index contributed by atoms with van der Waals surface area (Å²) in [7, 11) is 0. The molecule has 0 aliphatic carbocycles. The molecular formula is C25H19ClN2S. The first-order valence-electron chi connectivity index (χ1n) is 9.30. The molecule has 0 amide bonds. The fraction of sp³-hybridized carbons (Fsp3) is 0.0400. The molecule has 0 saturated heterocycles. The van der Waals surface area contributed by atoms with Gasteiger partial charge in [-0.3, -0.25) is 0 Å². The zero-order valence-electron chi connectivity index (χ0n) is 15.7. The van der Waals surface area contributed by atoms with Crippen LogP contribution >= 0.6 is 23.5 Å². The standard InChI is InChI=1S/C25H19ClN2S/c26-23-16-18-24(19-17-23)27-28-29-25(20-10-4-1-5-11-20,21-12-6-2-7-13-21)22-14-8-3-9-15-22/h1-19H. The molecular weight excluding hydrogens is 396 g/mol. The van der Waals surface area contributed by atoms with E-state index in [2.05, 4.69) is 82.4 Å². The fourth-order valence-corrected chi connectivity index (χ4v) is 4.42. The second kappa shape index (κ2) is 9.08. The van der Waals surface area contributed by atoms with E-state index in [4.69, 9.17) is 11.6 Å². The van der Waals surface area contributed by atoms with E-state index in [1.807, 2.05) is 42.5 Å². The number of hydrogen-bond donors (Lipinski definition) is 0. The van der Waals surface area contributed by atoms with Gasteiger partial charge in [0.2, 0.25) is 0 Å². The smallest absolute Gasteiger partial charge is 0.114 e. The first-order chi connectivity index (χ1) is 14.3. The van der Waals surface area contributed by atoms with E-state index in [1.54, 1.807) is 0 Å². The predicted octanol–water partition coefficient (Wildman–Crippen LogP) is 8.06. The summed E-state index contributed by atoms with van der Waals surface area (Å²) in [6.07, 6.45) is 0. The predicted molar refractivity (Wildman–Crippen MR) is 123 cm³/mol. The Bertz CT molecular complexity index is 969. The lowest BCUT2D eigenvalue weighted by Gasteiger charge is -2.32. The molecule has 4 aromatic rings. The van der Waals surface area contributed by atoms with Crippen LogP contribution in [0.3, 0.4) is 0 Å². The Kier molecular flexibility index (Phi) is 6.09. The van der Waals surface area contributed by atoms with Gasteiger partial charge in [0.15, 0.2) is 0 Å². The molecule has 0 N–H and O–H groups in total. The maximum atomic E-state index is 5.98. The van der Waals surface area contributed by atoms with Crippen molar-refractivity contribution in [2.24, 2.45) is 9.63 Å². The Morgan fingerprint density at radius 1 is 0.552 bits per heavy atom. The normalized spacial score (nSPS) is 11.6. The maximum absolute atomic E-state index is 5.98. The Morgan fingerprint density at radius 3 is 1.38 bits per heavy atom. The molecule has 0 bridgehead atoms. The summed E-state index contributed by atoms with van der Waals surface area (Å²) in [5.74, 6) is 0. The minimum absolute atomic E-state index is 0.514. The van der Waals surface area contributed by atoms with Crippen molar-refractivity contribution in [3.8, 4) is 0 Å². The average Bonchev–Trinajstić information content (AvgIpc) is 2.80. The van der Waals surface area contributed by atoms with Crippen LogP contribution in [0.1, 0.15) is 16.7 Å². The third-order valence-electron chi connectivity index (χ3n) is 4.70. The average molecular weight is 415 g/mol. The summed E-state index contributed by atoms with van der Waals surface area (Å²) in [4.78, 5) is 0. The van der Waals surface area contributed by atoms with Crippen LogP contribution in [0.2, 0.25) is 5.02 Å². The van der Waals surface area contributed by atoms with Crippen molar-refractivity contribution >= 4 is 29.2 Å². The van der Waals surface area contributed by atoms with Crippen LogP contribution in [0.15, 0.2) is 125 Å². The molecule has 4 heteroatoms. The van der Waals surface area contributed by atoms with E-state index >= 15 is 0 Å². The lowest BCUT2D eigenvalue weighted by atomic mass is 9.84. The fourth-order valence-electron chi connectivity index (χ4n) is 3.31. The van der Waals surface area contributed by atoms with Gasteiger partial charge in [-0.1, -0.05) is 103 Å². The first kappa shape index (κ1) is 19.4. The second-order valence-electron chi connectivity index (χ2n) is 6.53. The monoisotopic (exact) mass is 414 g/mol.